The number of amides is 1. The van der Waals surface area contributed by atoms with Crippen molar-refractivity contribution in [2.75, 3.05) is 5.32 Å². The van der Waals surface area contributed by atoms with Crippen LogP contribution in [0.25, 0.3) is 0 Å². The molecule has 0 aliphatic rings. The van der Waals surface area contributed by atoms with Gasteiger partial charge in [0.15, 0.2) is 23.3 Å². The first-order chi connectivity index (χ1) is 9.40. The maximum Gasteiger partial charge on any atom is 0.256 e. The van der Waals surface area contributed by atoms with Gasteiger partial charge in [-0.1, -0.05) is 0 Å². The van der Waals surface area contributed by atoms with E-state index in [4.69, 9.17) is 0 Å². The number of nitrogens with one attached hydrogen (secondary N) is 1. The number of carbonyl (C=O) groups is 1. The number of aromatic nitrogens is 1. The molecule has 2 aromatic rings. The van der Waals surface area contributed by atoms with Crippen LogP contribution in [-0.4, -0.2) is 10.9 Å². The molecule has 20 heavy (non-hydrogen) atoms. The molecule has 1 aromatic carbocycles. The highest BCUT2D eigenvalue weighted by molar-refractivity contribution is 6.04. The van der Waals surface area contributed by atoms with Gasteiger partial charge < -0.3 is 5.32 Å². The van der Waals surface area contributed by atoms with E-state index in [1.807, 2.05) is 0 Å². The number of hydrogen-bond donors (Lipinski definition) is 1. The van der Waals surface area contributed by atoms with Gasteiger partial charge in [-0.15, -0.1) is 0 Å². The Hall–Kier alpha value is -2.51. The third-order valence-corrected chi connectivity index (χ3v) is 2.34. The molecule has 0 bridgehead atoms. The van der Waals surface area contributed by atoms with Gasteiger partial charge in [0.25, 0.3) is 5.91 Å². The lowest BCUT2D eigenvalue weighted by Crippen LogP contribution is -2.16. The Bertz CT molecular complexity index is 664. The number of hydrogen-bond acceptors (Lipinski definition) is 2. The molecule has 104 valence electrons. The topological polar surface area (TPSA) is 42.0 Å². The molecule has 1 heterocycles. The number of nitrogens with zero attached hydrogens (tertiary/aromatic N) is 1. The lowest BCUT2D eigenvalue weighted by Gasteiger charge is -2.08. The fourth-order valence-corrected chi connectivity index (χ4v) is 1.41. The second-order valence-electron chi connectivity index (χ2n) is 3.66. The van der Waals surface area contributed by atoms with Crippen LogP contribution in [0.5, 0.6) is 0 Å². The Morgan fingerprint density at radius 2 is 1.60 bits per heavy atom. The fourth-order valence-electron chi connectivity index (χ4n) is 1.41. The Morgan fingerprint density at radius 3 is 2.15 bits per heavy atom. The van der Waals surface area contributed by atoms with E-state index in [9.17, 15) is 26.7 Å². The van der Waals surface area contributed by atoms with E-state index < -0.39 is 40.8 Å². The van der Waals surface area contributed by atoms with Gasteiger partial charge in [0.2, 0.25) is 5.95 Å². The Kier molecular flexibility index (Phi) is 3.64. The van der Waals surface area contributed by atoms with Crippen LogP contribution >= 0.6 is 0 Å². The average Bonchev–Trinajstić information content (AvgIpc) is 2.41. The molecule has 1 N–H and O–H groups in total. The first kappa shape index (κ1) is 13.9. The molecule has 0 radical (unpaired) electrons. The van der Waals surface area contributed by atoms with Crippen molar-refractivity contribution in [1.29, 1.82) is 0 Å². The van der Waals surface area contributed by atoms with Gasteiger partial charge in [-0.25, -0.2) is 22.5 Å². The lowest BCUT2D eigenvalue weighted by atomic mass is 10.2. The Morgan fingerprint density at radius 1 is 1.00 bits per heavy atom. The second kappa shape index (κ2) is 5.24. The van der Waals surface area contributed by atoms with Crippen LogP contribution < -0.4 is 5.32 Å². The molecule has 0 aliphatic heterocycles. The van der Waals surface area contributed by atoms with Crippen molar-refractivity contribution in [2.24, 2.45) is 0 Å². The van der Waals surface area contributed by atoms with Gasteiger partial charge in [-0.05, 0) is 6.07 Å². The predicted molar refractivity (Wildman–Crippen MR) is 58.4 cm³/mol. The van der Waals surface area contributed by atoms with Crippen LogP contribution in [0.4, 0.5) is 27.6 Å². The molecule has 0 saturated carbocycles. The minimum absolute atomic E-state index is 0.00638. The number of halogens is 5. The number of anilines is 1. The van der Waals surface area contributed by atoms with Crippen LogP contribution in [0.15, 0.2) is 24.4 Å². The molecular formula is C12H5F5N2O. The summed E-state index contributed by atoms with van der Waals surface area (Å²) in [5.41, 5.74) is -1.61. The standard InChI is InChI=1S/C12H5F5N2O/c13-6-4-7(14)10(17)11(9(6)16)19-12(20)5-1-2-18-8(15)3-5/h1-4H,(H,19,20). The van der Waals surface area contributed by atoms with E-state index in [0.29, 0.717) is 6.07 Å². The highest BCUT2D eigenvalue weighted by Crippen LogP contribution is 2.24. The molecule has 0 fully saturated rings. The summed E-state index contributed by atoms with van der Waals surface area (Å²) in [7, 11) is 0. The highest BCUT2D eigenvalue weighted by Gasteiger charge is 2.21. The van der Waals surface area contributed by atoms with Crippen molar-refractivity contribution < 1.29 is 26.7 Å². The zero-order chi connectivity index (χ0) is 14.9. The summed E-state index contributed by atoms with van der Waals surface area (Å²) < 4.78 is 65.3. The minimum Gasteiger partial charge on any atom is -0.317 e. The third-order valence-electron chi connectivity index (χ3n) is 2.34. The summed E-state index contributed by atoms with van der Waals surface area (Å²) in [4.78, 5) is 14.8. The Labute approximate surface area is 109 Å². The predicted octanol–water partition coefficient (Wildman–Crippen LogP) is 3.03. The van der Waals surface area contributed by atoms with E-state index in [1.54, 1.807) is 5.32 Å². The Balaban J connectivity index is 2.38. The maximum absolute atomic E-state index is 13.3. The molecular weight excluding hydrogens is 283 g/mol. The quantitative estimate of drug-likeness (QED) is 0.524. The zero-order valence-electron chi connectivity index (χ0n) is 9.55. The van der Waals surface area contributed by atoms with E-state index in [2.05, 4.69) is 4.98 Å². The first-order valence-electron chi connectivity index (χ1n) is 5.16. The van der Waals surface area contributed by atoms with Crippen LogP contribution in [0.2, 0.25) is 0 Å². The molecule has 0 aliphatic carbocycles. The van der Waals surface area contributed by atoms with Crippen molar-refractivity contribution in [2.45, 2.75) is 0 Å². The molecule has 2 rings (SSSR count). The summed E-state index contributed by atoms with van der Waals surface area (Å²) in [5.74, 6) is -8.99. The van der Waals surface area contributed by atoms with Crippen molar-refractivity contribution in [1.82, 2.24) is 4.98 Å². The van der Waals surface area contributed by atoms with Gasteiger partial charge in [0, 0.05) is 23.9 Å². The van der Waals surface area contributed by atoms with E-state index in [1.165, 1.54) is 0 Å². The molecule has 1 amide bonds. The molecule has 8 heteroatoms. The molecule has 0 spiro atoms. The summed E-state index contributed by atoms with van der Waals surface area (Å²) in [5, 5.41) is 1.64. The zero-order valence-corrected chi connectivity index (χ0v) is 9.55. The summed E-state index contributed by atoms with van der Waals surface area (Å²) >= 11 is 0. The van der Waals surface area contributed by atoms with Crippen LogP contribution in [-0.2, 0) is 0 Å². The van der Waals surface area contributed by atoms with Gasteiger partial charge in [-0.3, -0.25) is 4.79 Å². The summed E-state index contributed by atoms with van der Waals surface area (Å²) in [6.45, 7) is 0. The van der Waals surface area contributed by atoms with E-state index in [0.717, 1.165) is 12.3 Å². The van der Waals surface area contributed by atoms with Crippen molar-refractivity contribution in [3.8, 4) is 0 Å². The number of pyridine rings is 1. The maximum atomic E-state index is 13.3. The van der Waals surface area contributed by atoms with E-state index >= 15 is 0 Å². The van der Waals surface area contributed by atoms with Crippen molar-refractivity contribution in [3.05, 3.63) is 59.2 Å². The summed E-state index contributed by atoms with van der Waals surface area (Å²) in [6, 6.07) is 1.76. The highest BCUT2D eigenvalue weighted by atomic mass is 19.2. The molecule has 0 unspecified atom stereocenters. The smallest absolute Gasteiger partial charge is 0.256 e. The second-order valence-corrected chi connectivity index (χ2v) is 3.66. The van der Waals surface area contributed by atoms with Crippen LogP contribution in [0.1, 0.15) is 10.4 Å². The molecule has 0 saturated heterocycles. The van der Waals surface area contributed by atoms with Crippen LogP contribution in [0, 0.1) is 29.2 Å². The van der Waals surface area contributed by atoms with E-state index in [-0.39, 0.29) is 11.6 Å². The van der Waals surface area contributed by atoms with Gasteiger partial charge in [0.05, 0.1) is 0 Å². The minimum atomic E-state index is -1.76. The van der Waals surface area contributed by atoms with Crippen LogP contribution in [0.3, 0.4) is 0 Å². The molecule has 3 nitrogen and oxygen atoms in total. The fraction of sp³-hybridized carbons (Fsp3) is 0. The average molecular weight is 288 g/mol. The number of rotatable bonds is 2. The normalized spacial score (nSPS) is 10.4. The van der Waals surface area contributed by atoms with Gasteiger partial charge in [-0.2, -0.15) is 4.39 Å². The lowest BCUT2D eigenvalue weighted by molar-refractivity contribution is 0.102. The van der Waals surface area contributed by atoms with Gasteiger partial charge >= 0.3 is 0 Å². The monoisotopic (exact) mass is 288 g/mol. The number of benzene rings is 1. The van der Waals surface area contributed by atoms with Crippen molar-refractivity contribution in [3.63, 3.8) is 0 Å². The molecule has 1 aromatic heterocycles. The largest absolute Gasteiger partial charge is 0.317 e. The van der Waals surface area contributed by atoms with Gasteiger partial charge in [0.1, 0.15) is 5.69 Å². The summed E-state index contributed by atoms with van der Waals surface area (Å²) in [6.07, 6.45) is 0.948. The third kappa shape index (κ3) is 2.58. The SMILES string of the molecule is O=C(Nc1c(F)c(F)cc(F)c1F)c1ccnc(F)c1. The van der Waals surface area contributed by atoms with Crippen molar-refractivity contribution >= 4 is 11.6 Å². The number of carbonyl (C=O) groups excluding carboxylic acids is 1. The first-order valence-corrected chi connectivity index (χ1v) is 5.16. The molecule has 0 atom stereocenters.